The number of amides is 2. The van der Waals surface area contributed by atoms with Crippen LogP contribution in [0.1, 0.15) is 11.3 Å². The Labute approximate surface area is 137 Å². The van der Waals surface area contributed by atoms with Gasteiger partial charge in [0.1, 0.15) is 0 Å². The third-order valence-corrected chi connectivity index (χ3v) is 4.08. The molecule has 0 fully saturated rings. The third kappa shape index (κ3) is 3.54. The van der Waals surface area contributed by atoms with E-state index >= 15 is 0 Å². The highest BCUT2D eigenvalue weighted by Crippen LogP contribution is 2.21. The molecule has 116 valence electrons. The zero-order chi connectivity index (χ0) is 16.2. The van der Waals surface area contributed by atoms with Crippen LogP contribution < -0.4 is 10.6 Å². The first-order valence-electron chi connectivity index (χ1n) is 7.10. The lowest BCUT2D eigenvalue weighted by Crippen LogP contribution is -2.34. The Morgan fingerprint density at radius 1 is 1.13 bits per heavy atom. The number of hydrogen-bond donors (Lipinski definition) is 2. The number of carbonyl (C=O) groups excluding carboxylic acids is 2. The van der Waals surface area contributed by atoms with Crippen LogP contribution >= 0.6 is 11.3 Å². The number of aryl methyl sites for hydroxylation is 1. The fourth-order valence-electron chi connectivity index (χ4n) is 2.18. The van der Waals surface area contributed by atoms with Gasteiger partial charge in [0, 0.05) is 17.6 Å². The van der Waals surface area contributed by atoms with Crippen LogP contribution in [0.4, 0.5) is 5.69 Å². The summed E-state index contributed by atoms with van der Waals surface area (Å²) in [6.07, 6.45) is 0. The van der Waals surface area contributed by atoms with Gasteiger partial charge in [0.25, 0.3) is 0 Å². The summed E-state index contributed by atoms with van der Waals surface area (Å²) in [4.78, 5) is 28.4. The van der Waals surface area contributed by atoms with E-state index in [1.54, 1.807) is 17.4 Å². The molecule has 2 heterocycles. The average Bonchev–Trinajstić information content (AvgIpc) is 3.06. The summed E-state index contributed by atoms with van der Waals surface area (Å²) in [6, 6.07) is 11.2. The second-order valence-electron chi connectivity index (χ2n) is 5.10. The van der Waals surface area contributed by atoms with Gasteiger partial charge < -0.3 is 10.6 Å². The Bertz CT molecular complexity index is 859. The van der Waals surface area contributed by atoms with Gasteiger partial charge in [0.2, 0.25) is 0 Å². The summed E-state index contributed by atoms with van der Waals surface area (Å²) < 4.78 is 0. The molecule has 0 saturated carbocycles. The van der Waals surface area contributed by atoms with E-state index in [1.807, 2.05) is 48.0 Å². The van der Waals surface area contributed by atoms with E-state index in [0.717, 1.165) is 16.6 Å². The van der Waals surface area contributed by atoms with Crippen molar-refractivity contribution in [2.45, 2.75) is 13.5 Å². The Hall–Kier alpha value is -2.73. The number of anilines is 1. The molecule has 23 heavy (non-hydrogen) atoms. The Kier molecular flexibility index (Phi) is 4.34. The standard InChI is InChI=1S/C17H15N3O2S/c1-11-5-6-13-3-2-4-14(15(13)19-11)20-17(22)16(21)18-9-12-7-8-23-10-12/h2-8,10H,9H2,1H3,(H,18,21)(H,20,22). The second kappa shape index (κ2) is 6.58. The summed E-state index contributed by atoms with van der Waals surface area (Å²) in [5.74, 6) is -1.36. The van der Waals surface area contributed by atoms with Crippen LogP contribution in [0, 0.1) is 6.92 Å². The van der Waals surface area contributed by atoms with Gasteiger partial charge in [-0.25, -0.2) is 0 Å². The Morgan fingerprint density at radius 3 is 2.78 bits per heavy atom. The maximum atomic E-state index is 12.1. The van der Waals surface area contributed by atoms with Crippen LogP contribution in [0.25, 0.3) is 10.9 Å². The number of hydrogen-bond acceptors (Lipinski definition) is 4. The van der Waals surface area contributed by atoms with Gasteiger partial charge in [0.15, 0.2) is 0 Å². The monoisotopic (exact) mass is 325 g/mol. The van der Waals surface area contributed by atoms with Crippen LogP contribution in [-0.2, 0) is 16.1 Å². The zero-order valence-corrected chi connectivity index (χ0v) is 13.3. The molecule has 0 unspecified atom stereocenters. The minimum atomic E-state index is -0.698. The lowest BCUT2D eigenvalue weighted by atomic mass is 10.1. The molecule has 0 atom stereocenters. The highest BCUT2D eigenvalue weighted by Gasteiger charge is 2.15. The molecule has 2 aromatic heterocycles. The maximum Gasteiger partial charge on any atom is 0.313 e. The first kappa shape index (κ1) is 15.2. The zero-order valence-electron chi connectivity index (χ0n) is 12.5. The van der Waals surface area contributed by atoms with E-state index in [-0.39, 0.29) is 0 Å². The molecule has 0 aliphatic heterocycles. The first-order valence-corrected chi connectivity index (χ1v) is 8.04. The smallest absolute Gasteiger partial charge is 0.313 e. The van der Waals surface area contributed by atoms with Crippen molar-refractivity contribution in [3.05, 3.63) is 58.4 Å². The van der Waals surface area contributed by atoms with E-state index in [1.165, 1.54) is 0 Å². The van der Waals surface area contributed by atoms with Crippen molar-refractivity contribution >= 4 is 39.7 Å². The van der Waals surface area contributed by atoms with Gasteiger partial charge in [-0.05, 0) is 41.4 Å². The van der Waals surface area contributed by atoms with E-state index in [0.29, 0.717) is 17.7 Å². The molecule has 0 spiro atoms. The molecule has 5 nitrogen and oxygen atoms in total. The predicted molar refractivity (Wildman–Crippen MR) is 91.3 cm³/mol. The molecular weight excluding hydrogens is 310 g/mol. The van der Waals surface area contributed by atoms with Crippen molar-refractivity contribution in [3.8, 4) is 0 Å². The minimum Gasteiger partial charge on any atom is -0.344 e. The first-order chi connectivity index (χ1) is 11.1. The van der Waals surface area contributed by atoms with Crippen molar-refractivity contribution in [3.63, 3.8) is 0 Å². The summed E-state index contributed by atoms with van der Waals surface area (Å²) in [5, 5.41) is 9.99. The largest absolute Gasteiger partial charge is 0.344 e. The third-order valence-electron chi connectivity index (χ3n) is 3.35. The molecule has 0 aliphatic carbocycles. The molecule has 0 radical (unpaired) electrons. The number of para-hydroxylation sites is 1. The van der Waals surface area contributed by atoms with Gasteiger partial charge in [-0.2, -0.15) is 11.3 Å². The lowest BCUT2D eigenvalue weighted by molar-refractivity contribution is -0.136. The molecule has 0 bridgehead atoms. The summed E-state index contributed by atoms with van der Waals surface area (Å²) in [5.41, 5.74) is 3.02. The quantitative estimate of drug-likeness (QED) is 0.727. The van der Waals surface area contributed by atoms with Crippen LogP contribution in [0.2, 0.25) is 0 Å². The second-order valence-corrected chi connectivity index (χ2v) is 5.88. The molecule has 1 aromatic carbocycles. The van der Waals surface area contributed by atoms with Crippen LogP contribution in [0.3, 0.4) is 0 Å². The minimum absolute atomic E-state index is 0.336. The summed E-state index contributed by atoms with van der Waals surface area (Å²) >= 11 is 1.54. The van der Waals surface area contributed by atoms with E-state index in [4.69, 9.17) is 0 Å². The van der Waals surface area contributed by atoms with Gasteiger partial charge in [0.05, 0.1) is 11.2 Å². The predicted octanol–water partition coefficient (Wildman–Crippen LogP) is 2.86. The highest BCUT2D eigenvalue weighted by molar-refractivity contribution is 7.07. The van der Waals surface area contributed by atoms with E-state index in [9.17, 15) is 9.59 Å². The van der Waals surface area contributed by atoms with Gasteiger partial charge in [-0.1, -0.05) is 18.2 Å². The number of aromatic nitrogens is 1. The molecule has 6 heteroatoms. The maximum absolute atomic E-state index is 12.1. The highest BCUT2D eigenvalue weighted by atomic mass is 32.1. The number of nitrogens with one attached hydrogen (secondary N) is 2. The van der Waals surface area contributed by atoms with Crippen molar-refractivity contribution in [1.82, 2.24) is 10.3 Å². The Morgan fingerprint density at radius 2 is 2.00 bits per heavy atom. The molecule has 0 saturated heterocycles. The molecule has 0 aliphatic rings. The number of thiophene rings is 1. The van der Waals surface area contributed by atoms with Crippen molar-refractivity contribution in [1.29, 1.82) is 0 Å². The van der Waals surface area contributed by atoms with E-state index in [2.05, 4.69) is 15.6 Å². The van der Waals surface area contributed by atoms with Crippen LogP contribution in [-0.4, -0.2) is 16.8 Å². The van der Waals surface area contributed by atoms with E-state index < -0.39 is 11.8 Å². The fraction of sp³-hybridized carbons (Fsp3) is 0.118. The number of carbonyl (C=O) groups is 2. The van der Waals surface area contributed by atoms with Crippen molar-refractivity contribution < 1.29 is 9.59 Å². The number of pyridine rings is 1. The molecule has 3 aromatic rings. The molecule has 2 amide bonds. The Balaban J connectivity index is 1.72. The summed E-state index contributed by atoms with van der Waals surface area (Å²) in [7, 11) is 0. The van der Waals surface area contributed by atoms with Gasteiger partial charge in [-0.3, -0.25) is 14.6 Å². The number of nitrogens with zero attached hydrogens (tertiary/aromatic N) is 1. The van der Waals surface area contributed by atoms with Gasteiger partial charge in [-0.15, -0.1) is 0 Å². The average molecular weight is 325 g/mol. The molecule has 3 rings (SSSR count). The number of fused-ring (bicyclic) bond motifs is 1. The summed E-state index contributed by atoms with van der Waals surface area (Å²) in [6.45, 7) is 2.22. The number of benzene rings is 1. The molecule has 2 N–H and O–H groups in total. The topological polar surface area (TPSA) is 71.1 Å². The van der Waals surface area contributed by atoms with Crippen LogP contribution in [0.5, 0.6) is 0 Å². The van der Waals surface area contributed by atoms with Crippen molar-refractivity contribution in [2.24, 2.45) is 0 Å². The lowest BCUT2D eigenvalue weighted by Gasteiger charge is -2.09. The van der Waals surface area contributed by atoms with Crippen molar-refractivity contribution in [2.75, 3.05) is 5.32 Å². The van der Waals surface area contributed by atoms with Gasteiger partial charge >= 0.3 is 11.8 Å². The number of rotatable bonds is 3. The SMILES string of the molecule is Cc1ccc2cccc(NC(=O)C(=O)NCc3ccsc3)c2n1. The fourth-order valence-corrected chi connectivity index (χ4v) is 2.85. The van der Waals surface area contributed by atoms with Crippen LogP contribution in [0.15, 0.2) is 47.2 Å². The molecular formula is C17H15N3O2S. The normalized spacial score (nSPS) is 10.5.